The molecule has 1 saturated heterocycles. The highest BCUT2D eigenvalue weighted by Crippen LogP contribution is 2.26. The number of carbonyl (C=O) groups is 3. The number of amides is 1. The maximum atomic E-state index is 12.7. The average molecular weight is 469 g/mol. The maximum absolute atomic E-state index is 12.7. The second-order valence-electron chi connectivity index (χ2n) is 7.58. The molecule has 1 fully saturated rings. The predicted octanol–water partition coefficient (Wildman–Crippen LogP) is 1.86. The molecule has 1 heterocycles. The highest BCUT2D eigenvalue weighted by molar-refractivity contribution is 5.90. The molecule has 0 radical (unpaired) electrons. The molecule has 180 valence electrons. The lowest BCUT2D eigenvalue weighted by molar-refractivity contribution is -0.266. The zero-order chi connectivity index (χ0) is 24.5. The van der Waals surface area contributed by atoms with E-state index >= 15 is 0 Å². The van der Waals surface area contributed by atoms with Gasteiger partial charge in [0.2, 0.25) is 5.91 Å². The number of rotatable bonds is 9. The molecule has 34 heavy (non-hydrogen) atoms. The first-order valence-electron chi connectivity index (χ1n) is 10.7. The van der Waals surface area contributed by atoms with Crippen LogP contribution in [0.3, 0.4) is 0 Å². The molecule has 1 aliphatic rings. The lowest BCUT2D eigenvalue weighted by Crippen LogP contribution is -2.65. The Kier molecular flexibility index (Phi) is 8.92. The fraction of sp³-hybridized carbons (Fsp3) is 0.320. The van der Waals surface area contributed by atoms with E-state index < -0.39 is 48.5 Å². The molecule has 0 bridgehead atoms. The number of carbonyl (C=O) groups excluding carboxylic acids is 3. The lowest BCUT2D eigenvalue weighted by atomic mass is 9.96. The Hall–Kier alpha value is -3.53. The van der Waals surface area contributed by atoms with Gasteiger partial charge in [-0.1, -0.05) is 42.5 Å². The molecule has 0 saturated carbocycles. The maximum Gasteiger partial charge on any atom is 0.338 e. The summed E-state index contributed by atoms with van der Waals surface area (Å²) in [4.78, 5) is 37.0. The quantitative estimate of drug-likeness (QED) is 0.422. The van der Waals surface area contributed by atoms with E-state index in [4.69, 9.17) is 18.9 Å². The third-order valence-corrected chi connectivity index (χ3v) is 5.06. The smallest absolute Gasteiger partial charge is 0.338 e. The van der Waals surface area contributed by atoms with Gasteiger partial charge in [-0.25, -0.2) is 9.59 Å². The Labute approximate surface area is 197 Å². The van der Waals surface area contributed by atoms with E-state index in [1.54, 1.807) is 60.7 Å². The Balaban J connectivity index is 1.81. The molecule has 0 spiro atoms. The van der Waals surface area contributed by atoms with Crippen LogP contribution in [0.15, 0.2) is 73.3 Å². The first-order chi connectivity index (χ1) is 16.4. The number of benzene rings is 2. The van der Waals surface area contributed by atoms with Crippen molar-refractivity contribution in [3.8, 4) is 0 Å². The summed E-state index contributed by atoms with van der Waals surface area (Å²) in [7, 11) is 0. The van der Waals surface area contributed by atoms with E-state index in [0.29, 0.717) is 5.56 Å². The van der Waals surface area contributed by atoms with Gasteiger partial charge >= 0.3 is 11.9 Å². The van der Waals surface area contributed by atoms with Crippen LogP contribution in [0.4, 0.5) is 0 Å². The van der Waals surface area contributed by atoms with E-state index in [2.05, 4.69) is 11.9 Å². The molecule has 9 nitrogen and oxygen atoms in total. The molecule has 9 heteroatoms. The van der Waals surface area contributed by atoms with Gasteiger partial charge in [-0.2, -0.15) is 0 Å². The molecule has 2 N–H and O–H groups in total. The van der Waals surface area contributed by atoms with Gasteiger partial charge in [0.25, 0.3) is 0 Å². The third kappa shape index (κ3) is 6.50. The van der Waals surface area contributed by atoms with Gasteiger partial charge in [0, 0.05) is 6.92 Å². The average Bonchev–Trinajstić information content (AvgIpc) is 2.85. The molecule has 0 aromatic heterocycles. The van der Waals surface area contributed by atoms with Crippen LogP contribution in [0, 0.1) is 0 Å². The standard InChI is InChI=1S/C25H27NO8/c1-3-14-31-25-20(26-16(2)27)22(34-24(30)18-12-8-5-9-13-18)21(28)19(33-25)15-32-23(29)17-10-6-4-7-11-17/h3-13,19-22,25,28H,1,14-15H2,2H3,(H,26,27)/t19-,20-,21+,22-,25+/m1/s1. The van der Waals surface area contributed by atoms with Crippen LogP contribution in [0.25, 0.3) is 0 Å². The number of hydrogen-bond acceptors (Lipinski definition) is 8. The highest BCUT2D eigenvalue weighted by Gasteiger charge is 2.49. The summed E-state index contributed by atoms with van der Waals surface area (Å²) in [5.41, 5.74) is 0.591. The van der Waals surface area contributed by atoms with E-state index in [1.165, 1.54) is 13.0 Å². The van der Waals surface area contributed by atoms with E-state index in [-0.39, 0.29) is 18.8 Å². The summed E-state index contributed by atoms with van der Waals surface area (Å²) >= 11 is 0. The molecule has 0 unspecified atom stereocenters. The summed E-state index contributed by atoms with van der Waals surface area (Å²) in [6, 6.07) is 15.5. The minimum Gasteiger partial charge on any atom is -0.459 e. The van der Waals surface area contributed by atoms with Crippen LogP contribution >= 0.6 is 0 Å². The minimum absolute atomic E-state index is 0.0622. The zero-order valence-electron chi connectivity index (χ0n) is 18.7. The van der Waals surface area contributed by atoms with Crippen molar-refractivity contribution in [2.24, 2.45) is 0 Å². The number of nitrogens with one attached hydrogen (secondary N) is 1. The van der Waals surface area contributed by atoms with Gasteiger partial charge in [0.15, 0.2) is 12.4 Å². The Morgan fingerprint density at radius 1 is 1.03 bits per heavy atom. The van der Waals surface area contributed by atoms with E-state index in [0.717, 1.165) is 0 Å². The van der Waals surface area contributed by atoms with Gasteiger partial charge < -0.3 is 29.4 Å². The number of esters is 2. The van der Waals surface area contributed by atoms with Crippen LogP contribution in [0.1, 0.15) is 27.6 Å². The summed E-state index contributed by atoms with van der Waals surface area (Å²) in [6.45, 7) is 4.60. The fourth-order valence-electron chi connectivity index (χ4n) is 3.47. The van der Waals surface area contributed by atoms with Crippen molar-refractivity contribution in [1.82, 2.24) is 5.32 Å². The molecule has 3 rings (SSSR count). The van der Waals surface area contributed by atoms with Crippen LogP contribution < -0.4 is 5.32 Å². The minimum atomic E-state index is -1.43. The van der Waals surface area contributed by atoms with Crippen LogP contribution in [0.5, 0.6) is 0 Å². The van der Waals surface area contributed by atoms with Crippen LogP contribution in [-0.2, 0) is 23.7 Å². The van der Waals surface area contributed by atoms with Crippen LogP contribution in [0.2, 0.25) is 0 Å². The lowest BCUT2D eigenvalue weighted by Gasteiger charge is -2.43. The topological polar surface area (TPSA) is 120 Å². The van der Waals surface area contributed by atoms with Gasteiger partial charge in [-0.3, -0.25) is 4.79 Å². The first kappa shape index (κ1) is 25.1. The monoisotopic (exact) mass is 469 g/mol. The number of hydrogen-bond donors (Lipinski definition) is 2. The van der Waals surface area contributed by atoms with Crippen LogP contribution in [-0.4, -0.2) is 66.8 Å². The van der Waals surface area contributed by atoms with Gasteiger partial charge in [-0.15, -0.1) is 6.58 Å². The Bertz CT molecular complexity index is 981. The molecule has 5 atom stereocenters. The number of aliphatic hydroxyl groups is 1. The molecular formula is C25H27NO8. The van der Waals surface area contributed by atoms with Crippen molar-refractivity contribution in [3.05, 3.63) is 84.4 Å². The molecule has 2 aromatic rings. The fourth-order valence-corrected chi connectivity index (χ4v) is 3.47. The van der Waals surface area contributed by atoms with Gasteiger partial charge in [0.1, 0.15) is 24.9 Å². The summed E-state index contributed by atoms with van der Waals surface area (Å²) in [5, 5.41) is 13.6. The molecule has 0 aliphatic carbocycles. The summed E-state index contributed by atoms with van der Waals surface area (Å²) in [5.74, 6) is -1.76. The largest absolute Gasteiger partial charge is 0.459 e. The SMILES string of the molecule is C=CCO[C@H]1O[C@H](COC(=O)c2ccccc2)[C@H](O)[C@H](OC(=O)c2ccccc2)[C@H]1NC(C)=O. The van der Waals surface area contributed by atoms with E-state index in [9.17, 15) is 19.5 Å². The van der Waals surface area contributed by atoms with Crippen molar-refractivity contribution in [2.75, 3.05) is 13.2 Å². The summed E-state index contributed by atoms with van der Waals surface area (Å²) in [6.07, 6.45) is -3.41. The molecule has 1 amide bonds. The van der Waals surface area contributed by atoms with Crippen molar-refractivity contribution < 1.29 is 38.4 Å². The Morgan fingerprint density at radius 3 is 2.18 bits per heavy atom. The number of ether oxygens (including phenoxy) is 4. The normalized spacial score (nSPS) is 24.0. The van der Waals surface area contributed by atoms with Crippen molar-refractivity contribution >= 4 is 17.8 Å². The van der Waals surface area contributed by atoms with Gasteiger partial charge in [0.05, 0.1) is 17.7 Å². The van der Waals surface area contributed by atoms with E-state index in [1.807, 2.05) is 0 Å². The predicted molar refractivity (Wildman–Crippen MR) is 121 cm³/mol. The van der Waals surface area contributed by atoms with Gasteiger partial charge in [-0.05, 0) is 24.3 Å². The molecule has 2 aromatic carbocycles. The number of aliphatic hydroxyl groups excluding tert-OH is 1. The Morgan fingerprint density at radius 2 is 1.62 bits per heavy atom. The molecule has 1 aliphatic heterocycles. The highest BCUT2D eigenvalue weighted by atomic mass is 16.7. The first-order valence-corrected chi connectivity index (χ1v) is 10.7. The zero-order valence-corrected chi connectivity index (χ0v) is 18.7. The van der Waals surface area contributed by atoms with Crippen molar-refractivity contribution in [2.45, 2.75) is 37.6 Å². The second kappa shape index (κ2) is 12.1. The molecular weight excluding hydrogens is 442 g/mol. The summed E-state index contributed by atoms with van der Waals surface area (Å²) < 4.78 is 22.4. The third-order valence-electron chi connectivity index (χ3n) is 5.06. The van der Waals surface area contributed by atoms with Crippen molar-refractivity contribution in [3.63, 3.8) is 0 Å². The second-order valence-corrected chi connectivity index (χ2v) is 7.58. The van der Waals surface area contributed by atoms with Crippen molar-refractivity contribution in [1.29, 1.82) is 0 Å².